The van der Waals surface area contributed by atoms with E-state index in [9.17, 15) is 8.78 Å². The van der Waals surface area contributed by atoms with Crippen LogP contribution < -0.4 is 5.32 Å². The number of likely N-dealkylation sites (N-methyl/N-ethyl adjacent to an activating group) is 1. The lowest BCUT2D eigenvalue weighted by molar-refractivity contribution is 0.516. The molecule has 1 atom stereocenters. The highest BCUT2D eigenvalue weighted by molar-refractivity contribution is 6.31. The molecule has 0 aliphatic heterocycles. The van der Waals surface area contributed by atoms with E-state index in [1.54, 1.807) is 13.1 Å². The molecule has 0 aliphatic carbocycles. The summed E-state index contributed by atoms with van der Waals surface area (Å²) in [5.74, 6) is -0.765. The predicted octanol–water partition coefficient (Wildman–Crippen LogP) is 3.52. The fourth-order valence-electron chi connectivity index (χ4n) is 1.90. The number of benzene rings is 1. The lowest BCUT2D eigenvalue weighted by Gasteiger charge is -2.17. The van der Waals surface area contributed by atoms with Crippen molar-refractivity contribution in [3.8, 4) is 0 Å². The van der Waals surface area contributed by atoms with E-state index in [1.807, 2.05) is 0 Å². The van der Waals surface area contributed by atoms with Crippen LogP contribution >= 0.6 is 11.6 Å². The molecule has 2 nitrogen and oxygen atoms in total. The van der Waals surface area contributed by atoms with Crippen molar-refractivity contribution < 1.29 is 8.78 Å². The van der Waals surface area contributed by atoms with Crippen LogP contribution in [0.4, 0.5) is 8.78 Å². The van der Waals surface area contributed by atoms with Crippen LogP contribution in [0.25, 0.3) is 0 Å². The molecule has 1 heterocycles. The number of pyridine rings is 1. The van der Waals surface area contributed by atoms with Crippen molar-refractivity contribution in [3.63, 3.8) is 0 Å². The van der Waals surface area contributed by atoms with Gasteiger partial charge in [-0.1, -0.05) is 17.7 Å². The van der Waals surface area contributed by atoms with E-state index >= 15 is 0 Å². The van der Waals surface area contributed by atoms with E-state index in [4.69, 9.17) is 11.6 Å². The van der Waals surface area contributed by atoms with Gasteiger partial charge in [0.25, 0.3) is 0 Å². The third-order valence-corrected chi connectivity index (χ3v) is 3.26. The molecule has 0 bridgehead atoms. The van der Waals surface area contributed by atoms with Gasteiger partial charge in [0.1, 0.15) is 11.6 Å². The zero-order chi connectivity index (χ0) is 13.8. The van der Waals surface area contributed by atoms with Gasteiger partial charge in [-0.15, -0.1) is 0 Å². The summed E-state index contributed by atoms with van der Waals surface area (Å²) in [6.07, 6.45) is 1.97. The van der Waals surface area contributed by atoms with Gasteiger partial charge in [-0.25, -0.2) is 8.78 Å². The molecular formula is C14H13ClF2N2. The van der Waals surface area contributed by atoms with Crippen LogP contribution in [0.3, 0.4) is 0 Å². The second-order valence-corrected chi connectivity index (χ2v) is 4.56. The van der Waals surface area contributed by atoms with Crippen molar-refractivity contribution in [2.75, 3.05) is 7.05 Å². The zero-order valence-electron chi connectivity index (χ0n) is 10.3. The molecule has 100 valence electrons. The summed E-state index contributed by atoms with van der Waals surface area (Å²) in [6, 6.07) is 6.77. The number of nitrogens with one attached hydrogen (secondary N) is 1. The van der Waals surface area contributed by atoms with Gasteiger partial charge in [0, 0.05) is 11.2 Å². The highest BCUT2D eigenvalue weighted by Gasteiger charge is 2.17. The largest absolute Gasteiger partial charge is 0.311 e. The van der Waals surface area contributed by atoms with Crippen LogP contribution in [0.15, 0.2) is 36.5 Å². The number of hydrogen-bond donors (Lipinski definition) is 1. The zero-order valence-corrected chi connectivity index (χ0v) is 11.1. The number of hydrogen-bond acceptors (Lipinski definition) is 2. The fourth-order valence-corrected chi connectivity index (χ4v) is 2.14. The molecule has 0 fully saturated rings. The molecule has 0 spiro atoms. The normalized spacial score (nSPS) is 12.4. The van der Waals surface area contributed by atoms with E-state index in [1.165, 1.54) is 30.5 Å². The first kappa shape index (κ1) is 13.9. The molecule has 1 aromatic carbocycles. The van der Waals surface area contributed by atoms with Crippen molar-refractivity contribution in [1.29, 1.82) is 0 Å². The van der Waals surface area contributed by atoms with Gasteiger partial charge >= 0.3 is 0 Å². The van der Waals surface area contributed by atoms with E-state index in [0.717, 1.165) is 5.56 Å². The standard InChI is InChI=1S/C14H13ClF2N2/c1-18-13(14-12(17)3-2-6-19-14)7-9-4-5-10(16)8-11(9)15/h2-6,8,13,18H,7H2,1H3. The van der Waals surface area contributed by atoms with Crippen molar-refractivity contribution >= 4 is 11.6 Å². The first-order valence-electron chi connectivity index (χ1n) is 5.83. The van der Waals surface area contributed by atoms with Crippen molar-refractivity contribution in [2.45, 2.75) is 12.5 Å². The van der Waals surface area contributed by atoms with Gasteiger partial charge in [0.15, 0.2) is 0 Å². The van der Waals surface area contributed by atoms with Gasteiger partial charge in [-0.3, -0.25) is 4.98 Å². The maximum absolute atomic E-state index is 13.7. The maximum atomic E-state index is 13.7. The third kappa shape index (κ3) is 3.28. The molecule has 2 aromatic rings. The second kappa shape index (κ2) is 6.08. The summed E-state index contributed by atoms with van der Waals surface area (Å²) in [4.78, 5) is 4.04. The Kier molecular flexibility index (Phi) is 4.45. The van der Waals surface area contributed by atoms with Crippen LogP contribution in [0.2, 0.25) is 5.02 Å². The van der Waals surface area contributed by atoms with E-state index in [0.29, 0.717) is 17.1 Å². The van der Waals surface area contributed by atoms with Gasteiger partial charge in [-0.05, 0) is 43.3 Å². The van der Waals surface area contributed by atoms with Crippen LogP contribution in [0.5, 0.6) is 0 Å². The molecule has 1 unspecified atom stereocenters. The smallest absolute Gasteiger partial charge is 0.146 e. The second-order valence-electron chi connectivity index (χ2n) is 4.15. The lowest BCUT2D eigenvalue weighted by atomic mass is 10.0. The molecule has 2 rings (SSSR count). The summed E-state index contributed by atoms with van der Waals surface area (Å²) < 4.78 is 26.7. The summed E-state index contributed by atoms with van der Waals surface area (Å²) in [7, 11) is 1.72. The predicted molar refractivity (Wildman–Crippen MR) is 71.1 cm³/mol. The first-order chi connectivity index (χ1) is 9.11. The minimum Gasteiger partial charge on any atom is -0.311 e. The molecule has 0 amide bonds. The molecule has 0 radical (unpaired) electrons. The highest BCUT2D eigenvalue weighted by Crippen LogP contribution is 2.24. The Bertz CT molecular complexity index is 575. The molecule has 19 heavy (non-hydrogen) atoms. The van der Waals surface area contributed by atoms with E-state index in [-0.39, 0.29) is 11.9 Å². The minimum absolute atomic E-state index is 0.316. The van der Waals surface area contributed by atoms with Gasteiger partial charge in [0.05, 0.1) is 11.7 Å². The van der Waals surface area contributed by atoms with Gasteiger partial charge in [0.2, 0.25) is 0 Å². The maximum Gasteiger partial charge on any atom is 0.146 e. The number of nitrogens with zero attached hydrogens (tertiary/aromatic N) is 1. The number of rotatable bonds is 4. The van der Waals surface area contributed by atoms with Crippen LogP contribution in [-0.4, -0.2) is 12.0 Å². The third-order valence-electron chi connectivity index (χ3n) is 2.90. The Morgan fingerprint density at radius 1 is 1.32 bits per heavy atom. The van der Waals surface area contributed by atoms with Crippen LogP contribution in [-0.2, 0) is 6.42 Å². The van der Waals surface area contributed by atoms with Gasteiger partial charge < -0.3 is 5.32 Å². The summed E-state index contributed by atoms with van der Waals surface area (Å²) in [6.45, 7) is 0. The Hall–Kier alpha value is -1.52. The first-order valence-corrected chi connectivity index (χ1v) is 6.21. The van der Waals surface area contributed by atoms with E-state index in [2.05, 4.69) is 10.3 Å². The van der Waals surface area contributed by atoms with Crippen molar-refractivity contribution in [3.05, 3.63) is 64.4 Å². The summed E-state index contributed by atoms with van der Waals surface area (Å²) >= 11 is 5.98. The average molecular weight is 283 g/mol. The van der Waals surface area contributed by atoms with Crippen molar-refractivity contribution in [1.82, 2.24) is 10.3 Å². The molecule has 5 heteroatoms. The monoisotopic (exact) mass is 282 g/mol. The SMILES string of the molecule is CNC(Cc1ccc(F)cc1Cl)c1ncccc1F. The fraction of sp³-hybridized carbons (Fsp3) is 0.214. The molecular weight excluding hydrogens is 270 g/mol. The Morgan fingerprint density at radius 3 is 2.74 bits per heavy atom. The van der Waals surface area contributed by atoms with Crippen molar-refractivity contribution in [2.24, 2.45) is 0 Å². The Balaban J connectivity index is 2.27. The molecule has 0 saturated heterocycles. The molecule has 1 N–H and O–H groups in total. The topological polar surface area (TPSA) is 24.9 Å². The Labute approximate surface area is 115 Å². The Morgan fingerprint density at radius 2 is 2.11 bits per heavy atom. The van der Waals surface area contributed by atoms with Gasteiger partial charge in [-0.2, -0.15) is 0 Å². The lowest BCUT2D eigenvalue weighted by Crippen LogP contribution is -2.21. The highest BCUT2D eigenvalue weighted by atomic mass is 35.5. The molecule has 0 aliphatic rings. The quantitative estimate of drug-likeness (QED) is 0.928. The summed E-state index contributed by atoms with van der Waals surface area (Å²) in [5.41, 5.74) is 1.07. The number of halogens is 3. The average Bonchev–Trinajstić information content (AvgIpc) is 2.39. The van der Waals surface area contributed by atoms with E-state index < -0.39 is 5.82 Å². The number of aromatic nitrogens is 1. The molecule has 0 saturated carbocycles. The summed E-state index contributed by atoms with van der Waals surface area (Å²) in [5, 5.41) is 3.32. The molecule has 1 aromatic heterocycles. The van der Waals surface area contributed by atoms with Crippen LogP contribution in [0, 0.1) is 11.6 Å². The van der Waals surface area contributed by atoms with Crippen LogP contribution in [0.1, 0.15) is 17.3 Å². The minimum atomic E-state index is -0.390.